The van der Waals surface area contributed by atoms with E-state index < -0.39 is 0 Å². The molecule has 1 N–H and O–H groups in total. The molecule has 0 bridgehead atoms. The van der Waals surface area contributed by atoms with Crippen LogP contribution in [0.4, 0.5) is 0 Å². The van der Waals surface area contributed by atoms with Crippen molar-refractivity contribution in [3.63, 3.8) is 0 Å². The van der Waals surface area contributed by atoms with Crippen LogP contribution < -0.4 is 5.32 Å². The second kappa shape index (κ2) is 8.19. The van der Waals surface area contributed by atoms with Crippen molar-refractivity contribution in [3.8, 4) is 0 Å². The average molecular weight is 405 g/mol. The zero-order chi connectivity index (χ0) is 17.8. The van der Waals surface area contributed by atoms with Crippen LogP contribution in [0.2, 0.25) is 0 Å². The number of carbonyl (C=O) groups is 1. The van der Waals surface area contributed by atoms with Crippen molar-refractivity contribution in [2.75, 3.05) is 19.6 Å². The number of likely N-dealkylation sites (tertiary alicyclic amines) is 1. The second-order valence-corrected chi connectivity index (χ2v) is 7.82. The minimum atomic E-state index is -0.0499. The van der Waals surface area contributed by atoms with E-state index in [2.05, 4.69) is 33.1 Å². The van der Waals surface area contributed by atoms with Crippen LogP contribution >= 0.6 is 15.9 Å². The summed E-state index contributed by atoms with van der Waals surface area (Å²) >= 11 is 3.40. The Morgan fingerprint density at radius 2 is 1.92 bits per heavy atom. The fourth-order valence-electron chi connectivity index (χ4n) is 3.28. The summed E-state index contributed by atoms with van der Waals surface area (Å²) in [5.41, 5.74) is 0.671. The first-order valence-corrected chi connectivity index (χ1v) is 9.66. The summed E-state index contributed by atoms with van der Waals surface area (Å²) < 4.78 is 6.85. The molecule has 2 heterocycles. The lowest BCUT2D eigenvalue weighted by atomic mass is 9.97. The van der Waals surface area contributed by atoms with E-state index in [1.807, 2.05) is 43.3 Å². The third-order valence-electron chi connectivity index (χ3n) is 4.91. The van der Waals surface area contributed by atoms with Gasteiger partial charge in [-0.3, -0.25) is 9.69 Å². The molecule has 0 saturated carbocycles. The van der Waals surface area contributed by atoms with Gasteiger partial charge in [0, 0.05) is 16.6 Å². The van der Waals surface area contributed by atoms with Crippen LogP contribution in [0.3, 0.4) is 0 Å². The smallest absolute Gasteiger partial charge is 0.251 e. The molecule has 3 rings (SSSR count). The number of amides is 1. The molecule has 1 fully saturated rings. The predicted octanol–water partition coefficient (Wildman–Crippen LogP) is 4.55. The first kappa shape index (κ1) is 18.2. The normalized spacial score (nSPS) is 17.4. The molecule has 1 aliphatic heterocycles. The molecule has 2 aromatic rings. The van der Waals surface area contributed by atoms with E-state index in [-0.39, 0.29) is 11.9 Å². The zero-order valence-corrected chi connectivity index (χ0v) is 16.4. The molecule has 25 heavy (non-hydrogen) atoms. The number of nitrogens with zero attached hydrogens (tertiary/aromatic N) is 1. The summed E-state index contributed by atoms with van der Waals surface area (Å²) in [6, 6.07) is 11.5. The lowest BCUT2D eigenvalue weighted by molar-refractivity contribution is 0.0895. The van der Waals surface area contributed by atoms with Gasteiger partial charge in [0.05, 0.1) is 6.04 Å². The monoisotopic (exact) mass is 404 g/mol. The Kier molecular flexibility index (Phi) is 5.97. The molecule has 1 saturated heterocycles. The largest absolute Gasteiger partial charge is 0.465 e. The van der Waals surface area contributed by atoms with Gasteiger partial charge in [-0.15, -0.1) is 0 Å². The molecule has 0 radical (unpaired) electrons. The first-order valence-electron chi connectivity index (χ1n) is 8.87. The highest BCUT2D eigenvalue weighted by atomic mass is 79.9. The van der Waals surface area contributed by atoms with Crippen molar-refractivity contribution >= 4 is 21.8 Å². The van der Waals surface area contributed by atoms with E-state index in [4.69, 9.17) is 4.42 Å². The van der Waals surface area contributed by atoms with Gasteiger partial charge in [-0.2, -0.15) is 0 Å². The summed E-state index contributed by atoms with van der Waals surface area (Å²) in [5.74, 6) is 2.56. The summed E-state index contributed by atoms with van der Waals surface area (Å²) in [6.45, 7) is 6.90. The Balaban J connectivity index is 1.69. The van der Waals surface area contributed by atoms with Crippen LogP contribution in [0.15, 0.2) is 45.3 Å². The number of benzene rings is 1. The number of hydrogen-bond donors (Lipinski definition) is 1. The predicted molar refractivity (Wildman–Crippen MR) is 103 cm³/mol. The van der Waals surface area contributed by atoms with Crippen LogP contribution in [0.5, 0.6) is 0 Å². The molecule has 0 spiro atoms. The van der Waals surface area contributed by atoms with E-state index in [9.17, 15) is 4.79 Å². The Morgan fingerprint density at radius 1 is 1.24 bits per heavy atom. The molecule has 5 heteroatoms. The summed E-state index contributed by atoms with van der Waals surface area (Å²) in [7, 11) is 0. The topological polar surface area (TPSA) is 45.5 Å². The van der Waals surface area contributed by atoms with Gasteiger partial charge < -0.3 is 9.73 Å². The van der Waals surface area contributed by atoms with Gasteiger partial charge in [-0.1, -0.05) is 22.9 Å². The van der Waals surface area contributed by atoms with Crippen LogP contribution in [0.1, 0.15) is 47.7 Å². The molecule has 4 nitrogen and oxygen atoms in total. The molecule has 0 aliphatic carbocycles. The summed E-state index contributed by atoms with van der Waals surface area (Å²) in [5, 5.41) is 3.08. The highest BCUT2D eigenvalue weighted by molar-refractivity contribution is 9.10. The molecular weight excluding hydrogens is 380 g/mol. The van der Waals surface area contributed by atoms with Crippen molar-refractivity contribution in [3.05, 3.63) is 58.0 Å². The Labute approximate surface area is 157 Å². The van der Waals surface area contributed by atoms with Gasteiger partial charge >= 0.3 is 0 Å². The van der Waals surface area contributed by atoms with Crippen molar-refractivity contribution in [1.29, 1.82) is 0 Å². The Morgan fingerprint density at radius 3 is 2.52 bits per heavy atom. The number of nitrogens with one attached hydrogen (secondary N) is 1. The molecule has 1 atom stereocenters. The van der Waals surface area contributed by atoms with E-state index in [0.717, 1.165) is 35.0 Å². The van der Waals surface area contributed by atoms with Crippen molar-refractivity contribution in [1.82, 2.24) is 10.2 Å². The van der Waals surface area contributed by atoms with Crippen LogP contribution in [-0.2, 0) is 0 Å². The minimum Gasteiger partial charge on any atom is -0.465 e. The number of furan rings is 1. The molecule has 0 unspecified atom stereocenters. The highest BCUT2D eigenvalue weighted by Gasteiger charge is 2.27. The van der Waals surface area contributed by atoms with E-state index in [0.29, 0.717) is 12.1 Å². The van der Waals surface area contributed by atoms with Gasteiger partial charge in [-0.25, -0.2) is 0 Å². The zero-order valence-electron chi connectivity index (χ0n) is 14.8. The summed E-state index contributed by atoms with van der Waals surface area (Å²) in [6.07, 6.45) is 2.38. The highest BCUT2D eigenvalue weighted by Crippen LogP contribution is 2.27. The number of carbonyl (C=O) groups excluding carboxylic acids is 1. The lowest BCUT2D eigenvalue weighted by Gasteiger charge is -2.35. The maximum atomic E-state index is 12.5. The fourth-order valence-corrected chi connectivity index (χ4v) is 3.54. The molecule has 1 aromatic heterocycles. The first-order chi connectivity index (χ1) is 12.0. The van der Waals surface area contributed by atoms with Crippen LogP contribution in [0, 0.1) is 12.8 Å². The average Bonchev–Trinajstić information content (AvgIpc) is 3.03. The van der Waals surface area contributed by atoms with E-state index in [1.54, 1.807) is 0 Å². The molecular formula is C20H25BrN2O2. The molecule has 1 aliphatic rings. The molecule has 134 valence electrons. The van der Waals surface area contributed by atoms with Gasteiger partial charge in [0.1, 0.15) is 11.5 Å². The maximum absolute atomic E-state index is 12.5. The Bertz CT molecular complexity index is 703. The third-order valence-corrected chi connectivity index (χ3v) is 5.44. The number of halogens is 1. The Hall–Kier alpha value is -1.59. The van der Waals surface area contributed by atoms with Gasteiger partial charge in [0.15, 0.2) is 0 Å². The SMILES string of the molecule is Cc1ccc([C@@H](CNC(=O)c2ccc(Br)cc2)N2CCC(C)CC2)o1. The molecule has 1 aromatic carbocycles. The van der Waals surface area contributed by atoms with Gasteiger partial charge in [-0.05, 0) is 75.2 Å². The van der Waals surface area contributed by atoms with Gasteiger partial charge in [0.2, 0.25) is 0 Å². The van der Waals surface area contributed by atoms with Crippen molar-refractivity contribution < 1.29 is 9.21 Å². The molecule has 1 amide bonds. The number of rotatable bonds is 5. The summed E-state index contributed by atoms with van der Waals surface area (Å²) in [4.78, 5) is 14.9. The van der Waals surface area contributed by atoms with E-state index >= 15 is 0 Å². The number of aryl methyl sites for hydroxylation is 1. The number of piperidine rings is 1. The van der Waals surface area contributed by atoms with Crippen molar-refractivity contribution in [2.24, 2.45) is 5.92 Å². The van der Waals surface area contributed by atoms with Crippen molar-refractivity contribution in [2.45, 2.75) is 32.7 Å². The fraction of sp³-hybridized carbons (Fsp3) is 0.450. The van der Waals surface area contributed by atoms with Crippen LogP contribution in [-0.4, -0.2) is 30.4 Å². The minimum absolute atomic E-state index is 0.0499. The van der Waals surface area contributed by atoms with Crippen LogP contribution in [0.25, 0.3) is 0 Å². The standard InChI is InChI=1S/C20H25BrN2O2/c1-14-9-11-23(12-10-14)18(19-8-3-15(2)25-19)13-22-20(24)16-4-6-17(21)7-5-16/h3-8,14,18H,9-13H2,1-2H3,(H,22,24)/t18-/m1/s1. The van der Waals surface area contributed by atoms with E-state index in [1.165, 1.54) is 12.8 Å². The maximum Gasteiger partial charge on any atom is 0.251 e. The quantitative estimate of drug-likeness (QED) is 0.794. The van der Waals surface area contributed by atoms with Gasteiger partial charge in [0.25, 0.3) is 5.91 Å². The second-order valence-electron chi connectivity index (χ2n) is 6.90. The third kappa shape index (κ3) is 4.73. The lowest BCUT2D eigenvalue weighted by Crippen LogP contribution is -2.41. The number of hydrogen-bond acceptors (Lipinski definition) is 3.